The molecule has 187 valence electrons. The van der Waals surface area contributed by atoms with Crippen LogP contribution in [-0.4, -0.2) is 32.2 Å². The number of nitrogens with zero attached hydrogens (tertiary/aromatic N) is 2. The maximum atomic E-state index is 13.2. The normalized spacial score (nSPS) is 9.64. The summed E-state index contributed by atoms with van der Waals surface area (Å²) in [4.78, 5) is 21.3. The van der Waals surface area contributed by atoms with E-state index in [-0.39, 0.29) is 30.3 Å². The van der Waals surface area contributed by atoms with E-state index in [1.807, 2.05) is 0 Å². The molecule has 0 unspecified atom stereocenters. The maximum absolute atomic E-state index is 13.2. The number of nitrogens with two attached hydrogens (primary N) is 1. The van der Waals surface area contributed by atoms with Crippen LogP contribution in [-0.2, 0) is 25.0 Å². The molecule has 5 N–H and O–H groups in total. The fourth-order valence-corrected chi connectivity index (χ4v) is 3.30. The van der Waals surface area contributed by atoms with Gasteiger partial charge in [0.1, 0.15) is 5.82 Å². The molecular weight excluding hydrogens is 546 g/mol. The summed E-state index contributed by atoms with van der Waals surface area (Å²) in [5.41, 5.74) is 3.18. The first kappa shape index (κ1) is 31.3. The summed E-state index contributed by atoms with van der Waals surface area (Å²) in [5, 5.41) is 10.7. The summed E-state index contributed by atoms with van der Waals surface area (Å²) in [6.07, 6.45) is 2.05. The number of pyridine rings is 2. The van der Waals surface area contributed by atoms with Crippen LogP contribution in [0.2, 0.25) is 5.02 Å². The molecule has 0 atom stereocenters. The van der Waals surface area contributed by atoms with Crippen LogP contribution in [0.1, 0.15) is 16.1 Å². The number of aromatic nitrogens is 2. The van der Waals surface area contributed by atoms with Gasteiger partial charge in [-0.1, -0.05) is 35.0 Å². The molecule has 0 aliphatic rings. The van der Waals surface area contributed by atoms with Crippen molar-refractivity contribution in [3.63, 3.8) is 0 Å². The minimum atomic E-state index is -0.338. The van der Waals surface area contributed by atoms with Crippen molar-refractivity contribution < 1.29 is 42.2 Å². The van der Waals surface area contributed by atoms with Crippen molar-refractivity contribution in [2.75, 3.05) is 6.54 Å². The van der Waals surface area contributed by atoms with Gasteiger partial charge in [0, 0.05) is 23.7 Å². The van der Waals surface area contributed by atoms with Gasteiger partial charge in [0.2, 0.25) is 0 Å². The van der Waals surface area contributed by atoms with Gasteiger partial charge in [-0.3, -0.25) is 9.78 Å². The Labute approximate surface area is 230 Å². The van der Waals surface area contributed by atoms with Crippen LogP contribution in [0.3, 0.4) is 0 Å². The van der Waals surface area contributed by atoms with Crippen LogP contribution >= 0.6 is 24.5 Å². The molecule has 0 spiro atoms. The molecule has 2 heterocycles. The van der Waals surface area contributed by atoms with Gasteiger partial charge in [0.25, 0.3) is 5.91 Å². The number of carbonyl (C=O) groups excluding carboxylic acids is 1. The first-order valence-electron chi connectivity index (χ1n) is 9.92. The van der Waals surface area contributed by atoms with Crippen LogP contribution in [0, 0.1) is 19.0 Å². The number of nitrogens with one attached hydrogen (secondary N) is 1. The molecule has 0 saturated heterocycles. The Morgan fingerprint density at radius 2 is 1.89 bits per heavy atom. The van der Waals surface area contributed by atoms with E-state index >= 15 is 0 Å². The van der Waals surface area contributed by atoms with E-state index in [2.05, 4.69) is 47.3 Å². The third-order valence-corrected chi connectivity index (χ3v) is 4.89. The molecule has 12 heteroatoms. The number of hydrogen-bond donors (Lipinski definition) is 5. The van der Waals surface area contributed by atoms with Gasteiger partial charge in [-0.2, -0.15) is 13.2 Å². The van der Waals surface area contributed by atoms with Crippen molar-refractivity contribution in [3.05, 3.63) is 96.1 Å². The summed E-state index contributed by atoms with van der Waals surface area (Å²) in [5.74, 6) is 3.32. The number of amides is 1. The van der Waals surface area contributed by atoms with Crippen LogP contribution in [0.15, 0.2) is 60.8 Å². The molecule has 2 aromatic heterocycles. The Balaban J connectivity index is 0.00000123. The zero-order valence-electron chi connectivity index (χ0n) is 18.7. The fraction of sp³-hybridized carbons (Fsp3) is 0.0833. The molecule has 0 bridgehead atoms. The molecule has 36 heavy (non-hydrogen) atoms. The number of carbonyl (C=O) groups is 1. The van der Waals surface area contributed by atoms with E-state index < -0.39 is 0 Å². The molecule has 4 rings (SSSR count). The molecule has 0 saturated carbocycles. The van der Waals surface area contributed by atoms with Crippen LogP contribution in [0.4, 0.5) is 4.39 Å². The molecule has 0 fully saturated rings. The Kier molecular flexibility index (Phi) is 14.0. The van der Waals surface area contributed by atoms with Crippen LogP contribution < -0.4 is 16.0 Å². The third kappa shape index (κ3) is 8.46. The molecule has 8 nitrogen and oxygen atoms in total. The number of rotatable bonds is 6. The van der Waals surface area contributed by atoms with Gasteiger partial charge >= 0.3 is 18.6 Å². The van der Waals surface area contributed by atoms with Gasteiger partial charge in [-0.15, -0.1) is 6.07 Å². The molecule has 4 aromatic rings. The Hall–Kier alpha value is -2.70. The largest absolute Gasteiger partial charge is 2.00 e. The van der Waals surface area contributed by atoms with Crippen molar-refractivity contribution in [1.82, 2.24) is 15.3 Å². The second-order valence-corrected chi connectivity index (χ2v) is 7.22. The van der Waals surface area contributed by atoms with Gasteiger partial charge < -0.3 is 24.8 Å². The van der Waals surface area contributed by atoms with Crippen molar-refractivity contribution in [2.24, 2.45) is 5.90 Å². The van der Waals surface area contributed by atoms with Crippen molar-refractivity contribution >= 4 is 41.3 Å². The standard InChI is InChI=1S/C24H17ClFN3O2.H3NO.H2OS.V/c1-31-22-9-7-20(29-23(22)15-2-5-19(26)6-3-15)10-11-27-24(30)16-4-8-21-17(12-16)13-18(25)14-28-21;2*1-2;/h2-8,12-14H,1,10-11H2,(H,27,30);2H,1H2;1-2H;/q-2;;;+2. The molecular formula is C24H22ClFN4O4SV. The summed E-state index contributed by atoms with van der Waals surface area (Å²) in [6.45, 7) is 0.374. The first-order valence-corrected chi connectivity index (χ1v) is 10.7. The van der Waals surface area contributed by atoms with Crippen LogP contribution in [0.5, 0.6) is 5.75 Å². The van der Waals surface area contributed by atoms with E-state index in [1.165, 1.54) is 12.1 Å². The monoisotopic (exact) mass is 567 g/mol. The van der Waals surface area contributed by atoms with E-state index in [1.54, 1.807) is 48.7 Å². The summed E-state index contributed by atoms with van der Waals surface area (Å²) < 4.78 is 25.0. The van der Waals surface area contributed by atoms with Gasteiger partial charge in [0.15, 0.2) is 0 Å². The predicted molar refractivity (Wildman–Crippen MR) is 135 cm³/mol. The quantitative estimate of drug-likeness (QED) is 0.0983. The predicted octanol–water partition coefficient (Wildman–Crippen LogP) is 4.75. The van der Waals surface area contributed by atoms with Gasteiger partial charge in [-0.25, -0.2) is 10.3 Å². The molecule has 0 aliphatic carbocycles. The molecule has 2 aromatic carbocycles. The number of ether oxygens (including phenoxy) is 1. The third-order valence-electron chi connectivity index (χ3n) is 4.68. The van der Waals surface area contributed by atoms with E-state index in [0.29, 0.717) is 46.3 Å². The van der Waals surface area contributed by atoms with E-state index in [0.717, 1.165) is 10.9 Å². The second-order valence-electron chi connectivity index (χ2n) is 6.79. The number of fused-ring (bicyclic) bond motifs is 1. The maximum Gasteiger partial charge on any atom is 2.00 e. The van der Waals surface area contributed by atoms with Crippen molar-refractivity contribution in [3.8, 4) is 17.0 Å². The number of benzene rings is 2. The summed E-state index contributed by atoms with van der Waals surface area (Å²) in [7, 11) is 3.42. The second kappa shape index (κ2) is 16.1. The Morgan fingerprint density at radius 3 is 2.56 bits per heavy atom. The Bertz CT molecular complexity index is 1270. The first-order chi connectivity index (χ1) is 17.0. The number of hydrogen-bond acceptors (Lipinski definition) is 8. The number of halogens is 2. The Morgan fingerprint density at radius 1 is 1.19 bits per heavy atom. The molecule has 1 amide bonds. The minimum Gasteiger partial charge on any atom is -0.681 e. The minimum absolute atomic E-state index is 0. The average molecular weight is 568 g/mol. The molecule has 1 radical (unpaired) electrons. The van der Waals surface area contributed by atoms with Gasteiger partial charge in [0.05, 0.1) is 10.5 Å². The smallest absolute Gasteiger partial charge is 0.681 e. The zero-order valence-corrected chi connectivity index (χ0v) is 21.8. The average Bonchev–Trinajstić information content (AvgIpc) is 2.91. The molecule has 0 aliphatic heterocycles. The fourth-order valence-electron chi connectivity index (χ4n) is 3.14. The van der Waals surface area contributed by atoms with Gasteiger partial charge in [-0.05, 0) is 67.2 Å². The zero-order chi connectivity index (χ0) is 25.8. The summed E-state index contributed by atoms with van der Waals surface area (Å²) >= 11 is 8.51. The van der Waals surface area contributed by atoms with E-state index in [4.69, 9.17) is 26.1 Å². The van der Waals surface area contributed by atoms with Crippen molar-refractivity contribution in [1.29, 1.82) is 0 Å². The number of thiol groups is 1. The van der Waals surface area contributed by atoms with Crippen molar-refractivity contribution in [2.45, 2.75) is 6.42 Å². The summed E-state index contributed by atoms with van der Waals surface area (Å²) in [6, 6.07) is 17.6. The van der Waals surface area contributed by atoms with Crippen LogP contribution in [0.25, 0.3) is 22.2 Å². The van der Waals surface area contributed by atoms with E-state index in [9.17, 15) is 9.18 Å². The SMILES string of the molecule is NO.OS.[CH2-]Oc1[c-]cc(CCNC(=O)c2ccc3ncc(Cl)cc3c2)nc1-c1ccc(F)cc1.[V+2]. The topological polar surface area (TPSA) is 131 Å².